The molecule has 1 N–H and O–H groups in total. The molecule has 2 aromatic rings. The monoisotopic (exact) mass is 339 g/mol. The zero-order chi connectivity index (χ0) is 15.9. The molecule has 22 heavy (non-hydrogen) atoms. The number of ether oxygens (including phenoxy) is 1. The Hall–Kier alpha value is -2.05. The highest BCUT2D eigenvalue weighted by Gasteiger charge is 2.19. The third kappa shape index (κ3) is 5.05. The Kier molecular flexibility index (Phi) is 5.80. The Labute approximate surface area is 136 Å². The number of carboxylic acid groups (broad SMARTS) is 1. The molecule has 0 atom stereocenters. The van der Waals surface area contributed by atoms with Crippen molar-refractivity contribution in [3.8, 4) is 0 Å². The van der Waals surface area contributed by atoms with Crippen LogP contribution in [0.4, 0.5) is 4.79 Å². The average Bonchev–Trinajstić information content (AvgIpc) is 2.90. The molecule has 0 saturated heterocycles. The first-order valence-corrected chi connectivity index (χ1v) is 7.65. The first-order chi connectivity index (χ1) is 10.5. The van der Waals surface area contributed by atoms with Crippen molar-refractivity contribution in [3.63, 3.8) is 0 Å². The normalized spacial score (nSPS) is 10.2. The first-order valence-electron chi connectivity index (χ1n) is 6.46. The molecule has 1 heterocycles. The quantitative estimate of drug-likeness (QED) is 0.872. The van der Waals surface area contributed by atoms with E-state index in [2.05, 4.69) is 0 Å². The molecule has 0 saturated carbocycles. The SMILES string of the molecule is O=C(O)CN(Cc1ccc(Cl)s1)C(=O)OCc1ccccc1. The van der Waals surface area contributed by atoms with Gasteiger partial charge in [0, 0.05) is 4.88 Å². The smallest absolute Gasteiger partial charge is 0.410 e. The molecule has 0 fully saturated rings. The standard InChI is InChI=1S/C15H14ClNO4S/c16-13-7-6-12(22-13)8-17(9-14(18)19)15(20)21-10-11-4-2-1-3-5-11/h1-7H,8-10H2,(H,18,19). The molecule has 1 aromatic heterocycles. The van der Waals surface area contributed by atoms with Crippen LogP contribution in [-0.2, 0) is 22.7 Å². The number of amides is 1. The molecule has 1 aromatic carbocycles. The second kappa shape index (κ2) is 7.82. The Bertz CT molecular complexity index is 644. The largest absolute Gasteiger partial charge is 0.480 e. The lowest BCUT2D eigenvalue weighted by Gasteiger charge is -2.19. The Balaban J connectivity index is 1.98. The molecule has 116 valence electrons. The lowest BCUT2D eigenvalue weighted by Crippen LogP contribution is -2.35. The van der Waals surface area contributed by atoms with Crippen molar-refractivity contribution >= 4 is 35.0 Å². The van der Waals surface area contributed by atoms with Crippen LogP contribution in [0.5, 0.6) is 0 Å². The van der Waals surface area contributed by atoms with Crippen molar-refractivity contribution in [2.24, 2.45) is 0 Å². The van der Waals surface area contributed by atoms with E-state index in [1.54, 1.807) is 12.1 Å². The fourth-order valence-corrected chi connectivity index (χ4v) is 2.89. The van der Waals surface area contributed by atoms with Crippen molar-refractivity contribution in [2.45, 2.75) is 13.2 Å². The third-order valence-corrected chi connectivity index (χ3v) is 3.98. The third-order valence-electron chi connectivity index (χ3n) is 2.77. The number of aliphatic carboxylic acids is 1. The number of hydrogen-bond donors (Lipinski definition) is 1. The van der Waals surface area contributed by atoms with Gasteiger partial charge in [0.25, 0.3) is 0 Å². The predicted molar refractivity (Wildman–Crippen MR) is 84.0 cm³/mol. The molecular formula is C15H14ClNO4S. The van der Waals surface area contributed by atoms with E-state index in [0.717, 1.165) is 15.3 Å². The molecule has 5 nitrogen and oxygen atoms in total. The summed E-state index contributed by atoms with van der Waals surface area (Å²) in [5.74, 6) is -1.10. The van der Waals surface area contributed by atoms with Gasteiger partial charge in [-0.05, 0) is 17.7 Å². The molecule has 1 amide bonds. The summed E-state index contributed by atoms with van der Waals surface area (Å²) in [6.07, 6.45) is -0.671. The molecule has 0 aliphatic rings. The maximum atomic E-state index is 12.1. The summed E-state index contributed by atoms with van der Waals surface area (Å²) in [6, 6.07) is 12.7. The molecule has 0 aliphatic heterocycles. The van der Waals surface area contributed by atoms with Crippen molar-refractivity contribution in [1.82, 2.24) is 4.90 Å². The number of carbonyl (C=O) groups is 2. The van der Waals surface area contributed by atoms with Crippen LogP contribution in [0, 0.1) is 0 Å². The Morgan fingerprint density at radius 2 is 1.91 bits per heavy atom. The number of carboxylic acids is 1. The minimum Gasteiger partial charge on any atom is -0.480 e. The fraction of sp³-hybridized carbons (Fsp3) is 0.200. The van der Waals surface area contributed by atoms with Crippen LogP contribution in [0.1, 0.15) is 10.4 Å². The maximum absolute atomic E-state index is 12.1. The zero-order valence-corrected chi connectivity index (χ0v) is 13.1. The van der Waals surface area contributed by atoms with Crippen molar-refractivity contribution in [1.29, 1.82) is 0 Å². The summed E-state index contributed by atoms with van der Waals surface area (Å²) in [7, 11) is 0. The van der Waals surface area contributed by atoms with Gasteiger partial charge < -0.3 is 9.84 Å². The van der Waals surface area contributed by atoms with E-state index in [4.69, 9.17) is 21.4 Å². The van der Waals surface area contributed by atoms with E-state index >= 15 is 0 Å². The van der Waals surface area contributed by atoms with Gasteiger partial charge in [0.2, 0.25) is 0 Å². The van der Waals surface area contributed by atoms with E-state index < -0.39 is 18.6 Å². The summed E-state index contributed by atoms with van der Waals surface area (Å²) in [6.45, 7) is -0.179. The molecule has 0 bridgehead atoms. The summed E-state index contributed by atoms with van der Waals surface area (Å²) >= 11 is 7.14. The number of benzene rings is 1. The molecule has 0 spiro atoms. The van der Waals surface area contributed by atoms with Gasteiger partial charge in [-0.15, -0.1) is 11.3 Å². The van der Waals surface area contributed by atoms with Crippen LogP contribution in [0.25, 0.3) is 0 Å². The number of halogens is 1. The first kappa shape index (κ1) is 16.3. The van der Waals surface area contributed by atoms with E-state index in [-0.39, 0.29) is 13.2 Å². The van der Waals surface area contributed by atoms with Gasteiger partial charge in [0.1, 0.15) is 13.2 Å². The number of hydrogen-bond acceptors (Lipinski definition) is 4. The van der Waals surface area contributed by atoms with Crippen molar-refractivity contribution < 1.29 is 19.4 Å². The van der Waals surface area contributed by atoms with Crippen LogP contribution >= 0.6 is 22.9 Å². The molecule has 7 heteroatoms. The molecular weight excluding hydrogens is 326 g/mol. The van der Waals surface area contributed by atoms with Crippen LogP contribution in [-0.4, -0.2) is 28.6 Å². The summed E-state index contributed by atoms with van der Waals surface area (Å²) < 4.78 is 5.75. The van der Waals surface area contributed by atoms with Gasteiger partial charge in [-0.2, -0.15) is 0 Å². The average molecular weight is 340 g/mol. The topological polar surface area (TPSA) is 66.8 Å². The Morgan fingerprint density at radius 1 is 1.18 bits per heavy atom. The van der Waals surface area contributed by atoms with Gasteiger partial charge in [-0.3, -0.25) is 9.69 Å². The summed E-state index contributed by atoms with van der Waals surface area (Å²) in [4.78, 5) is 24.9. The summed E-state index contributed by atoms with van der Waals surface area (Å²) in [5, 5.41) is 8.93. The lowest BCUT2D eigenvalue weighted by atomic mass is 10.2. The highest BCUT2D eigenvalue weighted by atomic mass is 35.5. The summed E-state index contributed by atoms with van der Waals surface area (Å²) in [5.41, 5.74) is 0.838. The lowest BCUT2D eigenvalue weighted by molar-refractivity contribution is -0.138. The fourth-order valence-electron chi connectivity index (χ4n) is 1.78. The number of nitrogens with zero attached hydrogens (tertiary/aromatic N) is 1. The van der Waals surface area contributed by atoms with Crippen LogP contribution in [0.3, 0.4) is 0 Å². The number of rotatable bonds is 6. The van der Waals surface area contributed by atoms with Gasteiger partial charge in [-0.25, -0.2) is 4.79 Å². The minimum absolute atomic E-state index is 0.0982. The van der Waals surface area contributed by atoms with Crippen LogP contribution in [0.15, 0.2) is 42.5 Å². The second-order valence-electron chi connectivity index (χ2n) is 4.50. The Morgan fingerprint density at radius 3 is 2.50 bits per heavy atom. The zero-order valence-electron chi connectivity index (χ0n) is 11.6. The van der Waals surface area contributed by atoms with Crippen LogP contribution < -0.4 is 0 Å². The molecule has 2 rings (SSSR count). The van der Waals surface area contributed by atoms with E-state index in [0.29, 0.717) is 4.34 Å². The minimum atomic E-state index is -1.10. The van der Waals surface area contributed by atoms with Gasteiger partial charge in [0.05, 0.1) is 10.9 Å². The van der Waals surface area contributed by atoms with Crippen molar-refractivity contribution in [2.75, 3.05) is 6.54 Å². The van der Waals surface area contributed by atoms with Gasteiger partial charge in [0.15, 0.2) is 0 Å². The highest BCUT2D eigenvalue weighted by molar-refractivity contribution is 7.16. The molecule has 0 unspecified atom stereocenters. The molecule has 0 radical (unpaired) electrons. The van der Waals surface area contributed by atoms with Gasteiger partial charge in [-0.1, -0.05) is 41.9 Å². The second-order valence-corrected chi connectivity index (χ2v) is 6.30. The van der Waals surface area contributed by atoms with E-state index in [1.807, 2.05) is 30.3 Å². The van der Waals surface area contributed by atoms with Gasteiger partial charge >= 0.3 is 12.1 Å². The highest BCUT2D eigenvalue weighted by Crippen LogP contribution is 2.23. The molecule has 0 aliphatic carbocycles. The van der Waals surface area contributed by atoms with E-state index in [9.17, 15) is 9.59 Å². The number of thiophene rings is 1. The maximum Gasteiger partial charge on any atom is 0.410 e. The predicted octanol–water partition coefficient (Wildman–Crippen LogP) is 3.62. The van der Waals surface area contributed by atoms with Crippen LogP contribution in [0.2, 0.25) is 4.34 Å². The van der Waals surface area contributed by atoms with E-state index in [1.165, 1.54) is 11.3 Å². The van der Waals surface area contributed by atoms with Crippen molar-refractivity contribution in [3.05, 3.63) is 57.2 Å². The number of carbonyl (C=O) groups excluding carboxylic acids is 1.